The van der Waals surface area contributed by atoms with Crippen LogP contribution < -0.4 is 10.5 Å². The molecule has 0 unspecified atom stereocenters. The minimum Gasteiger partial charge on any atom is -0.377 e. The summed E-state index contributed by atoms with van der Waals surface area (Å²) in [6.45, 7) is 3.07. The third-order valence-electron chi connectivity index (χ3n) is 4.93. The predicted octanol–water partition coefficient (Wildman–Crippen LogP) is 2.04. The van der Waals surface area contributed by atoms with Crippen LogP contribution in [0, 0.1) is 5.92 Å². The Kier molecular flexibility index (Phi) is 4.80. The zero-order chi connectivity index (χ0) is 17.2. The van der Waals surface area contributed by atoms with Crippen molar-refractivity contribution in [3.05, 3.63) is 34.0 Å². The van der Waals surface area contributed by atoms with Gasteiger partial charge in [-0.15, -0.1) is 0 Å². The second-order valence-electron chi connectivity index (χ2n) is 6.91. The van der Waals surface area contributed by atoms with E-state index in [-0.39, 0.29) is 5.56 Å². The molecule has 3 heterocycles. The lowest BCUT2D eigenvalue weighted by molar-refractivity contribution is 0.179. The van der Waals surface area contributed by atoms with Crippen molar-refractivity contribution in [2.24, 2.45) is 5.92 Å². The Morgan fingerprint density at radius 3 is 2.76 bits per heavy atom. The number of hydrogen-bond donors (Lipinski definition) is 0. The summed E-state index contributed by atoms with van der Waals surface area (Å²) in [6.07, 6.45) is 4.49. The zero-order valence-electron chi connectivity index (χ0n) is 14.4. The number of rotatable bonds is 6. The third kappa shape index (κ3) is 3.90. The first-order valence-corrected chi connectivity index (χ1v) is 9.65. The first-order valence-electron chi connectivity index (χ1n) is 8.87. The standard InChI is InChI=1S/C17H23N5O2S/c1-24-11-15-18-17(25-20-15)21-8-6-12(7-9-21)10-22-16(23)5-4-14(19-22)13-2-3-13/h4-5,12-13H,2-3,6-11H2,1H3. The molecule has 8 heteroatoms. The van der Waals surface area contributed by atoms with Crippen molar-refractivity contribution in [2.75, 3.05) is 25.1 Å². The zero-order valence-corrected chi connectivity index (χ0v) is 15.2. The van der Waals surface area contributed by atoms with Crippen molar-refractivity contribution in [1.29, 1.82) is 0 Å². The van der Waals surface area contributed by atoms with Crippen LogP contribution in [0.2, 0.25) is 0 Å². The fourth-order valence-corrected chi connectivity index (χ4v) is 4.03. The van der Waals surface area contributed by atoms with Gasteiger partial charge in [0.05, 0.1) is 5.69 Å². The van der Waals surface area contributed by atoms with Crippen LogP contribution in [-0.4, -0.2) is 39.3 Å². The van der Waals surface area contributed by atoms with Crippen molar-refractivity contribution in [2.45, 2.75) is 44.8 Å². The molecule has 1 saturated heterocycles. The summed E-state index contributed by atoms with van der Waals surface area (Å²) in [5.74, 6) is 1.81. The van der Waals surface area contributed by atoms with E-state index in [1.54, 1.807) is 17.9 Å². The molecular formula is C17H23N5O2S. The maximum absolute atomic E-state index is 12.1. The molecule has 1 aliphatic heterocycles. The minimum absolute atomic E-state index is 0.0140. The topological polar surface area (TPSA) is 73.1 Å². The van der Waals surface area contributed by atoms with Gasteiger partial charge in [0.15, 0.2) is 5.82 Å². The van der Waals surface area contributed by atoms with Gasteiger partial charge in [-0.05, 0) is 37.7 Å². The normalized spacial score (nSPS) is 18.7. The molecule has 0 bridgehead atoms. The van der Waals surface area contributed by atoms with Crippen LogP contribution in [0.15, 0.2) is 16.9 Å². The maximum Gasteiger partial charge on any atom is 0.266 e. The van der Waals surface area contributed by atoms with Crippen molar-refractivity contribution in [3.63, 3.8) is 0 Å². The molecular weight excluding hydrogens is 338 g/mol. The van der Waals surface area contributed by atoms with E-state index in [9.17, 15) is 4.79 Å². The number of piperidine rings is 1. The van der Waals surface area contributed by atoms with Gasteiger partial charge in [-0.25, -0.2) is 9.67 Å². The Labute approximate surface area is 150 Å². The molecule has 4 rings (SSSR count). The number of methoxy groups -OCH3 is 1. The smallest absolute Gasteiger partial charge is 0.266 e. The van der Waals surface area contributed by atoms with E-state index in [2.05, 4.69) is 19.4 Å². The molecule has 0 aromatic carbocycles. The molecule has 1 saturated carbocycles. The van der Waals surface area contributed by atoms with E-state index in [0.717, 1.165) is 49.1 Å². The van der Waals surface area contributed by atoms with Gasteiger partial charge in [0, 0.05) is 50.3 Å². The number of aromatic nitrogens is 4. The maximum atomic E-state index is 12.1. The summed E-state index contributed by atoms with van der Waals surface area (Å²) in [6, 6.07) is 3.57. The Morgan fingerprint density at radius 1 is 1.24 bits per heavy atom. The molecule has 0 radical (unpaired) electrons. The van der Waals surface area contributed by atoms with E-state index >= 15 is 0 Å². The lowest BCUT2D eigenvalue weighted by Gasteiger charge is -2.31. The fourth-order valence-electron chi connectivity index (χ4n) is 3.30. The summed E-state index contributed by atoms with van der Waals surface area (Å²) in [5.41, 5.74) is 1.09. The largest absolute Gasteiger partial charge is 0.377 e. The van der Waals surface area contributed by atoms with Crippen molar-refractivity contribution in [3.8, 4) is 0 Å². The highest BCUT2D eigenvalue weighted by Crippen LogP contribution is 2.38. The van der Waals surface area contributed by atoms with Crippen LogP contribution in [-0.2, 0) is 17.9 Å². The van der Waals surface area contributed by atoms with Gasteiger partial charge in [-0.2, -0.15) is 9.47 Å². The second kappa shape index (κ2) is 7.21. The van der Waals surface area contributed by atoms with Crippen LogP contribution in [0.4, 0.5) is 5.13 Å². The molecule has 0 atom stereocenters. The van der Waals surface area contributed by atoms with Gasteiger partial charge in [0.1, 0.15) is 6.61 Å². The quantitative estimate of drug-likeness (QED) is 0.784. The Balaban J connectivity index is 1.35. The second-order valence-corrected chi connectivity index (χ2v) is 7.64. The molecule has 2 aliphatic rings. The summed E-state index contributed by atoms with van der Waals surface area (Å²) in [5, 5.41) is 5.55. The first kappa shape index (κ1) is 16.7. The SMILES string of the molecule is COCc1nsc(N2CCC(Cn3nc(C4CC4)ccc3=O)CC2)n1. The average Bonchev–Trinajstić information content (AvgIpc) is 3.37. The van der Waals surface area contributed by atoms with E-state index in [1.165, 1.54) is 24.4 Å². The lowest BCUT2D eigenvalue weighted by Crippen LogP contribution is -2.37. The molecule has 0 N–H and O–H groups in total. The molecule has 25 heavy (non-hydrogen) atoms. The van der Waals surface area contributed by atoms with Gasteiger partial charge in [-0.3, -0.25) is 4.79 Å². The van der Waals surface area contributed by atoms with Crippen LogP contribution in [0.3, 0.4) is 0 Å². The van der Waals surface area contributed by atoms with Crippen LogP contribution >= 0.6 is 11.5 Å². The van der Waals surface area contributed by atoms with Crippen LogP contribution in [0.5, 0.6) is 0 Å². The van der Waals surface area contributed by atoms with Gasteiger partial charge in [0.25, 0.3) is 5.56 Å². The highest BCUT2D eigenvalue weighted by atomic mass is 32.1. The van der Waals surface area contributed by atoms with Crippen molar-refractivity contribution < 1.29 is 4.74 Å². The number of nitrogens with zero attached hydrogens (tertiary/aromatic N) is 5. The summed E-state index contributed by atoms with van der Waals surface area (Å²) < 4.78 is 11.1. The molecule has 2 aromatic rings. The van der Waals surface area contributed by atoms with Gasteiger partial charge >= 0.3 is 0 Å². The molecule has 2 fully saturated rings. The summed E-state index contributed by atoms with van der Waals surface area (Å²) in [4.78, 5) is 18.9. The average molecular weight is 361 g/mol. The number of hydrogen-bond acceptors (Lipinski definition) is 7. The van der Waals surface area contributed by atoms with Gasteiger partial charge < -0.3 is 9.64 Å². The van der Waals surface area contributed by atoms with E-state index in [1.807, 2.05) is 6.07 Å². The fraction of sp³-hybridized carbons (Fsp3) is 0.647. The molecule has 0 amide bonds. The van der Waals surface area contributed by atoms with Gasteiger partial charge in [-0.1, -0.05) is 0 Å². The Bertz CT molecular complexity index is 777. The first-order chi connectivity index (χ1) is 12.2. The highest BCUT2D eigenvalue weighted by molar-refractivity contribution is 7.09. The Hall–Kier alpha value is -1.80. The van der Waals surface area contributed by atoms with Gasteiger partial charge in [0.2, 0.25) is 5.13 Å². The van der Waals surface area contributed by atoms with Crippen LogP contribution in [0.1, 0.15) is 43.1 Å². The molecule has 1 aliphatic carbocycles. The van der Waals surface area contributed by atoms with Crippen molar-refractivity contribution in [1.82, 2.24) is 19.1 Å². The summed E-state index contributed by atoms with van der Waals surface area (Å²) >= 11 is 1.43. The molecule has 2 aromatic heterocycles. The minimum atomic E-state index is 0.0140. The third-order valence-corrected chi connectivity index (χ3v) is 5.74. The van der Waals surface area contributed by atoms with E-state index in [4.69, 9.17) is 4.74 Å². The highest BCUT2D eigenvalue weighted by Gasteiger charge is 2.26. The van der Waals surface area contributed by atoms with Crippen molar-refractivity contribution >= 4 is 16.7 Å². The monoisotopic (exact) mass is 361 g/mol. The van der Waals surface area contributed by atoms with Crippen LogP contribution in [0.25, 0.3) is 0 Å². The van der Waals surface area contributed by atoms with E-state index < -0.39 is 0 Å². The molecule has 7 nitrogen and oxygen atoms in total. The molecule has 0 spiro atoms. The summed E-state index contributed by atoms with van der Waals surface area (Å²) in [7, 11) is 1.65. The number of ether oxygens (including phenoxy) is 1. The van der Waals surface area contributed by atoms with E-state index in [0.29, 0.717) is 18.4 Å². The predicted molar refractivity (Wildman–Crippen MR) is 96.0 cm³/mol. The lowest BCUT2D eigenvalue weighted by atomic mass is 9.97. The molecule has 134 valence electrons. The number of anilines is 1. The Morgan fingerprint density at radius 2 is 2.04 bits per heavy atom.